The normalized spacial score (nSPS) is 9.57. The van der Waals surface area contributed by atoms with Gasteiger partial charge in [0.1, 0.15) is 5.75 Å². The summed E-state index contributed by atoms with van der Waals surface area (Å²) in [5.74, 6) is 0.0650. The number of benzene rings is 2. The standard InChI is InChI=1S/C17H15N3O3/c1-12(21)19-14-6-8-16(9-7-14)23-11-17(22)20-15-4-2-13(10-18)3-5-15/h2-9H,11H2,1H3,(H,19,21)(H,20,22). The van der Waals surface area contributed by atoms with Gasteiger partial charge in [-0.15, -0.1) is 0 Å². The molecule has 23 heavy (non-hydrogen) atoms. The summed E-state index contributed by atoms with van der Waals surface area (Å²) in [7, 11) is 0. The van der Waals surface area contributed by atoms with Gasteiger partial charge in [-0.1, -0.05) is 0 Å². The zero-order valence-electron chi connectivity index (χ0n) is 12.5. The molecule has 0 unspecified atom stereocenters. The van der Waals surface area contributed by atoms with E-state index in [1.807, 2.05) is 6.07 Å². The molecule has 0 spiro atoms. The van der Waals surface area contributed by atoms with Crippen molar-refractivity contribution in [2.24, 2.45) is 0 Å². The van der Waals surface area contributed by atoms with E-state index in [1.54, 1.807) is 48.5 Å². The highest BCUT2D eigenvalue weighted by Gasteiger charge is 2.04. The molecule has 2 N–H and O–H groups in total. The number of nitrogens with one attached hydrogen (secondary N) is 2. The van der Waals surface area contributed by atoms with E-state index in [2.05, 4.69) is 10.6 Å². The number of amides is 2. The van der Waals surface area contributed by atoms with E-state index in [0.717, 1.165) is 0 Å². The second-order valence-corrected chi connectivity index (χ2v) is 4.73. The number of hydrogen-bond donors (Lipinski definition) is 2. The molecule has 0 saturated heterocycles. The molecule has 6 heteroatoms. The van der Waals surface area contributed by atoms with Crippen molar-refractivity contribution in [3.8, 4) is 11.8 Å². The number of anilines is 2. The number of rotatable bonds is 5. The summed E-state index contributed by atoms with van der Waals surface area (Å²) < 4.78 is 5.37. The smallest absolute Gasteiger partial charge is 0.262 e. The minimum absolute atomic E-state index is 0.139. The van der Waals surface area contributed by atoms with E-state index < -0.39 is 0 Å². The molecule has 6 nitrogen and oxygen atoms in total. The van der Waals surface area contributed by atoms with Crippen LogP contribution in [0.4, 0.5) is 11.4 Å². The van der Waals surface area contributed by atoms with Gasteiger partial charge in [-0.05, 0) is 48.5 Å². The highest BCUT2D eigenvalue weighted by Crippen LogP contribution is 2.16. The summed E-state index contributed by atoms with van der Waals surface area (Å²) in [5.41, 5.74) is 1.78. The molecule has 0 aromatic heterocycles. The number of ether oxygens (including phenoxy) is 1. The summed E-state index contributed by atoms with van der Waals surface area (Å²) in [5, 5.41) is 14.0. The minimum Gasteiger partial charge on any atom is -0.484 e. The molecule has 0 aliphatic rings. The fraction of sp³-hybridized carbons (Fsp3) is 0.118. The van der Waals surface area contributed by atoms with Crippen LogP contribution in [0, 0.1) is 11.3 Å². The quantitative estimate of drug-likeness (QED) is 0.888. The van der Waals surface area contributed by atoms with Gasteiger partial charge < -0.3 is 15.4 Å². The Hall–Kier alpha value is -3.33. The number of nitrogens with zero attached hydrogens (tertiary/aromatic N) is 1. The first kappa shape index (κ1) is 16.0. The number of hydrogen-bond acceptors (Lipinski definition) is 4. The van der Waals surface area contributed by atoms with E-state index in [4.69, 9.17) is 10.00 Å². The summed E-state index contributed by atoms with van der Waals surface area (Å²) in [6.07, 6.45) is 0. The topological polar surface area (TPSA) is 91.2 Å². The fourth-order valence-corrected chi connectivity index (χ4v) is 1.81. The van der Waals surface area contributed by atoms with Gasteiger partial charge >= 0.3 is 0 Å². The number of carbonyl (C=O) groups is 2. The SMILES string of the molecule is CC(=O)Nc1ccc(OCC(=O)Nc2ccc(C#N)cc2)cc1. The maximum atomic E-state index is 11.8. The monoisotopic (exact) mass is 309 g/mol. The van der Waals surface area contributed by atoms with E-state index in [1.165, 1.54) is 6.92 Å². The van der Waals surface area contributed by atoms with Crippen molar-refractivity contribution < 1.29 is 14.3 Å². The first-order chi connectivity index (χ1) is 11.1. The fourth-order valence-electron chi connectivity index (χ4n) is 1.81. The number of carbonyl (C=O) groups excluding carboxylic acids is 2. The summed E-state index contributed by atoms with van der Waals surface area (Å²) >= 11 is 0. The van der Waals surface area contributed by atoms with Crippen LogP contribution >= 0.6 is 0 Å². The summed E-state index contributed by atoms with van der Waals surface area (Å²) in [4.78, 5) is 22.7. The number of nitriles is 1. The molecule has 0 saturated carbocycles. The lowest BCUT2D eigenvalue weighted by molar-refractivity contribution is -0.118. The van der Waals surface area contributed by atoms with Crippen LogP contribution in [0.25, 0.3) is 0 Å². The highest BCUT2D eigenvalue weighted by molar-refractivity contribution is 5.92. The van der Waals surface area contributed by atoms with Crippen molar-refractivity contribution in [2.45, 2.75) is 6.92 Å². The Labute approximate surface area is 133 Å². The van der Waals surface area contributed by atoms with E-state index >= 15 is 0 Å². The lowest BCUT2D eigenvalue weighted by Crippen LogP contribution is -2.20. The van der Waals surface area contributed by atoms with E-state index in [9.17, 15) is 9.59 Å². The van der Waals surface area contributed by atoms with Crippen LogP contribution in [0.3, 0.4) is 0 Å². The Morgan fingerprint density at radius 1 is 1.00 bits per heavy atom. The van der Waals surface area contributed by atoms with Gasteiger partial charge in [0.25, 0.3) is 5.91 Å². The summed E-state index contributed by atoms with van der Waals surface area (Å²) in [6, 6.07) is 15.3. The lowest BCUT2D eigenvalue weighted by atomic mass is 10.2. The molecule has 116 valence electrons. The zero-order chi connectivity index (χ0) is 16.7. The van der Waals surface area contributed by atoms with Crippen molar-refractivity contribution >= 4 is 23.2 Å². The van der Waals surface area contributed by atoms with Crippen LogP contribution in [0.2, 0.25) is 0 Å². The molecule has 2 amide bonds. The molecule has 2 aromatic carbocycles. The average Bonchev–Trinajstić information content (AvgIpc) is 2.54. The first-order valence-electron chi connectivity index (χ1n) is 6.87. The Morgan fingerprint density at radius 3 is 2.13 bits per heavy atom. The molecule has 0 fully saturated rings. The molecule has 0 aliphatic heterocycles. The molecule has 0 aliphatic carbocycles. The van der Waals surface area contributed by atoms with Crippen LogP contribution in [-0.2, 0) is 9.59 Å². The molecular formula is C17H15N3O3. The maximum Gasteiger partial charge on any atom is 0.262 e. The zero-order valence-corrected chi connectivity index (χ0v) is 12.5. The maximum absolute atomic E-state index is 11.8. The van der Waals surface area contributed by atoms with Crippen LogP contribution in [0.5, 0.6) is 5.75 Å². The van der Waals surface area contributed by atoms with Gasteiger partial charge in [0, 0.05) is 18.3 Å². The molecule has 2 aromatic rings. The third-order valence-electron chi connectivity index (χ3n) is 2.84. The first-order valence-corrected chi connectivity index (χ1v) is 6.87. The van der Waals surface area contributed by atoms with Crippen molar-refractivity contribution in [1.29, 1.82) is 5.26 Å². The third-order valence-corrected chi connectivity index (χ3v) is 2.84. The van der Waals surface area contributed by atoms with Gasteiger partial charge in [-0.25, -0.2) is 0 Å². The average molecular weight is 309 g/mol. The van der Waals surface area contributed by atoms with Crippen molar-refractivity contribution in [3.63, 3.8) is 0 Å². The van der Waals surface area contributed by atoms with Crippen LogP contribution < -0.4 is 15.4 Å². The predicted octanol–water partition coefficient (Wildman–Crippen LogP) is 2.53. The molecule has 0 radical (unpaired) electrons. The molecule has 0 bridgehead atoms. The van der Waals surface area contributed by atoms with Crippen molar-refractivity contribution in [3.05, 3.63) is 54.1 Å². The van der Waals surface area contributed by atoms with Crippen molar-refractivity contribution in [2.75, 3.05) is 17.2 Å². The van der Waals surface area contributed by atoms with Gasteiger partial charge in [0.05, 0.1) is 11.6 Å². The van der Waals surface area contributed by atoms with Gasteiger partial charge in [0.15, 0.2) is 6.61 Å². The molecule has 0 heterocycles. The lowest BCUT2D eigenvalue weighted by Gasteiger charge is -2.08. The van der Waals surface area contributed by atoms with Gasteiger partial charge in [-0.3, -0.25) is 9.59 Å². The van der Waals surface area contributed by atoms with Gasteiger partial charge in [-0.2, -0.15) is 5.26 Å². The second kappa shape index (κ2) is 7.61. The van der Waals surface area contributed by atoms with Crippen molar-refractivity contribution in [1.82, 2.24) is 0 Å². The van der Waals surface area contributed by atoms with Gasteiger partial charge in [0.2, 0.25) is 5.91 Å². The Balaban J connectivity index is 1.83. The summed E-state index contributed by atoms with van der Waals surface area (Å²) in [6.45, 7) is 1.29. The minimum atomic E-state index is -0.305. The highest BCUT2D eigenvalue weighted by atomic mass is 16.5. The van der Waals surface area contributed by atoms with Crippen LogP contribution in [-0.4, -0.2) is 18.4 Å². The third kappa shape index (κ3) is 5.17. The van der Waals surface area contributed by atoms with Crippen LogP contribution in [0.15, 0.2) is 48.5 Å². The Morgan fingerprint density at radius 2 is 1.57 bits per heavy atom. The Bertz CT molecular complexity index is 731. The Kier molecular flexibility index (Phi) is 5.31. The van der Waals surface area contributed by atoms with E-state index in [-0.39, 0.29) is 18.4 Å². The molecular weight excluding hydrogens is 294 g/mol. The molecule has 2 rings (SSSR count). The second-order valence-electron chi connectivity index (χ2n) is 4.73. The largest absolute Gasteiger partial charge is 0.484 e. The van der Waals surface area contributed by atoms with Crippen LogP contribution in [0.1, 0.15) is 12.5 Å². The molecule has 0 atom stereocenters. The predicted molar refractivity (Wildman–Crippen MR) is 86.0 cm³/mol. The van der Waals surface area contributed by atoms with E-state index in [0.29, 0.717) is 22.7 Å².